The second-order valence-electron chi connectivity index (χ2n) is 5.61. The first-order chi connectivity index (χ1) is 11.7. The molecule has 1 aliphatic heterocycles. The van der Waals surface area contributed by atoms with E-state index >= 15 is 0 Å². The van der Waals surface area contributed by atoms with Crippen LogP contribution in [0.15, 0.2) is 24.3 Å². The highest BCUT2D eigenvalue weighted by molar-refractivity contribution is 5.60. The van der Waals surface area contributed by atoms with Gasteiger partial charge in [-0.05, 0) is 44.0 Å². The average Bonchev–Trinajstić information content (AvgIpc) is 3.33. The van der Waals surface area contributed by atoms with Crippen molar-refractivity contribution in [2.45, 2.75) is 45.3 Å². The average molecular weight is 338 g/mol. The molecule has 1 aromatic rings. The van der Waals surface area contributed by atoms with Gasteiger partial charge in [-0.25, -0.2) is 4.79 Å². The van der Waals surface area contributed by atoms with E-state index in [1.165, 1.54) is 0 Å². The summed E-state index contributed by atoms with van der Waals surface area (Å²) in [5.74, 6) is 0.825. The zero-order valence-corrected chi connectivity index (χ0v) is 14.4. The van der Waals surface area contributed by atoms with E-state index in [4.69, 9.17) is 23.7 Å². The highest BCUT2D eigenvalue weighted by Crippen LogP contribution is 2.34. The molecule has 1 fully saturated rings. The maximum Gasteiger partial charge on any atom is 0.510 e. The molecule has 0 amide bonds. The highest BCUT2D eigenvalue weighted by Gasteiger charge is 2.49. The van der Waals surface area contributed by atoms with Gasteiger partial charge >= 0.3 is 6.16 Å². The van der Waals surface area contributed by atoms with Crippen molar-refractivity contribution in [1.82, 2.24) is 0 Å². The quantitative estimate of drug-likeness (QED) is 0.346. The molecule has 2 rings (SSSR count). The summed E-state index contributed by atoms with van der Waals surface area (Å²) in [5, 5.41) is 0. The Kier molecular flexibility index (Phi) is 7.18. The summed E-state index contributed by atoms with van der Waals surface area (Å²) >= 11 is 0. The maximum absolute atomic E-state index is 11.3. The van der Waals surface area contributed by atoms with Crippen molar-refractivity contribution in [3.05, 3.63) is 24.3 Å². The van der Waals surface area contributed by atoms with Crippen LogP contribution in [0.2, 0.25) is 0 Å². The summed E-state index contributed by atoms with van der Waals surface area (Å²) in [7, 11) is 0. The molecule has 0 radical (unpaired) electrons. The lowest BCUT2D eigenvalue weighted by Gasteiger charge is -2.13. The second kappa shape index (κ2) is 9.37. The Morgan fingerprint density at radius 2 is 1.67 bits per heavy atom. The van der Waals surface area contributed by atoms with Gasteiger partial charge in [0.05, 0.1) is 19.8 Å². The predicted molar refractivity (Wildman–Crippen MR) is 88.4 cm³/mol. The van der Waals surface area contributed by atoms with Gasteiger partial charge in [0.15, 0.2) is 0 Å². The van der Waals surface area contributed by atoms with Gasteiger partial charge in [-0.15, -0.1) is 0 Å². The van der Waals surface area contributed by atoms with E-state index in [-0.39, 0.29) is 6.61 Å². The normalized spacial score (nSPS) is 18.8. The first-order valence-corrected chi connectivity index (χ1v) is 8.53. The Balaban J connectivity index is 1.63. The zero-order valence-electron chi connectivity index (χ0n) is 14.4. The van der Waals surface area contributed by atoms with Crippen LogP contribution in [0, 0.1) is 0 Å². The molecule has 134 valence electrons. The molecule has 6 nitrogen and oxygen atoms in total. The van der Waals surface area contributed by atoms with E-state index in [0.717, 1.165) is 30.9 Å². The number of hydrogen-bond acceptors (Lipinski definition) is 6. The molecule has 1 aliphatic rings. The Morgan fingerprint density at radius 1 is 1.08 bits per heavy atom. The molecule has 0 aromatic heterocycles. The summed E-state index contributed by atoms with van der Waals surface area (Å²) in [4.78, 5) is 11.3. The predicted octanol–water partition coefficient (Wildman–Crippen LogP) is 3.92. The molecule has 1 aromatic carbocycles. The lowest BCUT2D eigenvalue weighted by Crippen LogP contribution is -2.22. The van der Waals surface area contributed by atoms with Crippen LogP contribution in [0.5, 0.6) is 11.5 Å². The van der Waals surface area contributed by atoms with Crippen molar-refractivity contribution in [3.8, 4) is 11.5 Å². The number of hydrogen-bond donors (Lipinski definition) is 0. The fraction of sp³-hybridized carbons (Fsp3) is 0.611. The molecule has 1 saturated heterocycles. The number of carbonyl (C=O) groups is 1. The number of epoxide rings is 1. The summed E-state index contributed by atoms with van der Waals surface area (Å²) < 4.78 is 26.4. The van der Waals surface area contributed by atoms with E-state index in [1.807, 2.05) is 24.3 Å². The van der Waals surface area contributed by atoms with Crippen LogP contribution in [0.25, 0.3) is 0 Å². The van der Waals surface area contributed by atoms with Crippen molar-refractivity contribution in [2.24, 2.45) is 0 Å². The van der Waals surface area contributed by atoms with E-state index in [9.17, 15) is 4.79 Å². The molecular weight excluding hydrogens is 312 g/mol. The number of ether oxygens (including phenoxy) is 5. The summed E-state index contributed by atoms with van der Waals surface area (Å²) in [5.41, 5.74) is 0. The van der Waals surface area contributed by atoms with Crippen LogP contribution in [0.4, 0.5) is 4.79 Å². The third-order valence-electron chi connectivity index (χ3n) is 3.56. The van der Waals surface area contributed by atoms with Crippen LogP contribution in [-0.4, -0.2) is 38.4 Å². The molecule has 1 atom stereocenters. The van der Waals surface area contributed by atoms with E-state index in [2.05, 4.69) is 6.92 Å². The third kappa shape index (κ3) is 6.28. The Labute approximate surface area is 143 Å². The van der Waals surface area contributed by atoms with Gasteiger partial charge in [0.1, 0.15) is 18.1 Å². The van der Waals surface area contributed by atoms with Gasteiger partial charge in [-0.3, -0.25) is 0 Å². The Morgan fingerprint density at radius 3 is 2.17 bits per heavy atom. The lowest BCUT2D eigenvalue weighted by atomic mass is 10.2. The van der Waals surface area contributed by atoms with E-state index in [0.29, 0.717) is 26.1 Å². The van der Waals surface area contributed by atoms with Crippen LogP contribution < -0.4 is 9.47 Å². The van der Waals surface area contributed by atoms with Gasteiger partial charge in [0.25, 0.3) is 0 Å². The van der Waals surface area contributed by atoms with E-state index in [1.54, 1.807) is 6.92 Å². The van der Waals surface area contributed by atoms with Crippen molar-refractivity contribution >= 4 is 6.16 Å². The minimum absolute atomic E-state index is 0.288. The van der Waals surface area contributed by atoms with Crippen molar-refractivity contribution in [3.63, 3.8) is 0 Å². The van der Waals surface area contributed by atoms with Gasteiger partial charge in [0.2, 0.25) is 5.79 Å². The molecule has 0 saturated carbocycles. The lowest BCUT2D eigenvalue weighted by molar-refractivity contribution is -0.0391. The molecule has 0 N–H and O–H groups in total. The fourth-order valence-corrected chi connectivity index (χ4v) is 2.13. The van der Waals surface area contributed by atoms with Crippen molar-refractivity contribution < 1.29 is 28.5 Å². The van der Waals surface area contributed by atoms with Gasteiger partial charge in [-0.1, -0.05) is 13.3 Å². The maximum atomic E-state index is 11.3. The largest absolute Gasteiger partial charge is 0.510 e. The Bertz CT molecular complexity index is 495. The van der Waals surface area contributed by atoms with Gasteiger partial charge in [-0.2, -0.15) is 0 Å². The van der Waals surface area contributed by atoms with Crippen LogP contribution >= 0.6 is 0 Å². The number of unbranched alkanes of at least 4 members (excludes halogenated alkanes) is 1. The second-order valence-corrected chi connectivity index (χ2v) is 5.61. The smallest absolute Gasteiger partial charge is 0.494 e. The summed E-state index contributed by atoms with van der Waals surface area (Å²) in [6, 6.07) is 7.58. The number of carbonyl (C=O) groups excluding carboxylic acids is 1. The standard InChI is InChI=1S/C18H26O6/c1-3-5-12-21-15-7-9-16(10-8-15)22-13-6-11-18(14-23-18)24-17(19)20-4-2/h7-10H,3-6,11-14H2,1-2H3. The fourth-order valence-electron chi connectivity index (χ4n) is 2.13. The molecule has 6 heteroatoms. The molecule has 1 heterocycles. The minimum Gasteiger partial charge on any atom is -0.494 e. The minimum atomic E-state index is -0.813. The van der Waals surface area contributed by atoms with Gasteiger partial charge < -0.3 is 23.7 Å². The van der Waals surface area contributed by atoms with E-state index < -0.39 is 11.9 Å². The van der Waals surface area contributed by atoms with Crippen LogP contribution in [0.3, 0.4) is 0 Å². The number of rotatable bonds is 11. The third-order valence-corrected chi connectivity index (χ3v) is 3.56. The molecule has 0 bridgehead atoms. The molecule has 0 aliphatic carbocycles. The number of benzene rings is 1. The molecular formula is C18H26O6. The first-order valence-electron chi connectivity index (χ1n) is 8.53. The highest BCUT2D eigenvalue weighted by atomic mass is 16.8. The van der Waals surface area contributed by atoms with Crippen LogP contribution in [0.1, 0.15) is 39.5 Å². The topological polar surface area (TPSA) is 66.5 Å². The SMILES string of the molecule is CCCCOc1ccc(OCCCC2(OC(=O)OCC)CO2)cc1. The first kappa shape index (κ1) is 18.4. The van der Waals surface area contributed by atoms with Crippen molar-refractivity contribution in [2.75, 3.05) is 26.4 Å². The molecule has 24 heavy (non-hydrogen) atoms. The molecule has 1 unspecified atom stereocenters. The van der Waals surface area contributed by atoms with Crippen LogP contribution in [-0.2, 0) is 14.2 Å². The van der Waals surface area contributed by atoms with Crippen molar-refractivity contribution in [1.29, 1.82) is 0 Å². The van der Waals surface area contributed by atoms with Gasteiger partial charge in [0, 0.05) is 6.42 Å². The summed E-state index contributed by atoms with van der Waals surface area (Å²) in [6.45, 7) is 5.82. The zero-order chi connectivity index (χ0) is 17.3. The summed E-state index contributed by atoms with van der Waals surface area (Å²) in [6.07, 6.45) is 2.79. The Hall–Kier alpha value is -1.95. The monoisotopic (exact) mass is 338 g/mol. The molecule has 0 spiro atoms.